The molecule has 1 heterocycles. The van der Waals surface area contributed by atoms with E-state index in [1.807, 2.05) is 0 Å². The van der Waals surface area contributed by atoms with Crippen LogP contribution >= 0.6 is 24.0 Å². The molecule has 0 unspecified atom stereocenters. The van der Waals surface area contributed by atoms with E-state index in [-0.39, 0.29) is 22.3 Å². The molecule has 1 aromatic heterocycles. The zero-order chi connectivity index (χ0) is 21.8. The lowest BCUT2D eigenvalue weighted by molar-refractivity contribution is -0.179. The minimum absolute atomic E-state index is 0.161. The van der Waals surface area contributed by atoms with Crippen LogP contribution in [-0.4, -0.2) is 33.8 Å². The van der Waals surface area contributed by atoms with Gasteiger partial charge in [-0.2, -0.15) is 0 Å². The monoisotopic (exact) mass is 437 g/mol. The fraction of sp³-hybridized carbons (Fsp3) is 0.368. The van der Waals surface area contributed by atoms with Crippen molar-refractivity contribution in [3.05, 3.63) is 35.3 Å². The average molecular weight is 438 g/mol. The van der Waals surface area contributed by atoms with Gasteiger partial charge in [0.05, 0.1) is 0 Å². The number of ether oxygens (including phenoxy) is 2. The van der Waals surface area contributed by atoms with E-state index in [9.17, 15) is 9.59 Å². The molecule has 10 heteroatoms. The molecule has 29 heavy (non-hydrogen) atoms. The molecule has 0 saturated heterocycles. The van der Waals surface area contributed by atoms with Crippen LogP contribution in [0.4, 0.5) is 5.13 Å². The maximum atomic E-state index is 12.7. The number of esters is 2. The van der Waals surface area contributed by atoms with Crippen molar-refractivity contribution in [1.29, 1.82) is 0 Å². The molecule has 0 atom stereocenters. The number of rotatable bonds is 6. The molecule has 0 radical (unpaired) electrons. The first-order chi connectivity index (χ1) is 13.4. The summed E-state index contributed by atoms with van der Waals surface area (Å²) in [4.78, 5) is 35.0. The van der Waals surface area contributed by atoms with Crippen LogP contribution in [0.3, 0.4) is 0 Å². The van der Waals surface area contributed by atoms with Gasteiger partial charge in [-0.1, -0.05) is 17.3 Å². The Bertz CT molecular complexity index is 932. The summed E-state index contributed by atoms with van der Waals surface area (Å²) in [7, 11) is 0. The van der Waals surface area contributed by atoms with E-state index in [1.54, 1.807) is 45.0 Å². The van der Waals surface area contributed by atoms with Crippen LogP contribution in [0.1, 0.15) is 40.3 Å². The van der Waals surface area contributed by atoms with Gasteiger partial charge in [-0.25, -0.2) is 14.6 Å². The van der Waals surface area contributed by atoms with E-state index in [1.165, 1.54) is 19.2 Å². The van der Waals surface area contributed by atoms with Crippen LogP contribution in [0.5, 0.6) is 5.75 Å². The third-order valence-electron chi connectivity index (χ3n) is 3.28. The molecule has 2 rings (SSSR count). The number of para-hydroxylation sites is 1. The van der Waals surface area contributed by atoms with E-state index in [0.717, 1.165) is 11.3 Å². The molecule has 1 aromatic carbocycles. The quantitative estimate of drug-likeness (QED) is 0.234. The predicted molar refractivity (Wildman–Crippen MR) is 113 cm³/mol. The number of thiol groups is 1. The molecule has 0 saturated carbocycles. The number of carbonyl (C=O) groups excluding carboxylic acids is 2. The van der Waals surface area contributed by atoms with E-state index >= 15 is 0 Å². The number of oxime groups is 1. The highest BCUT2D eigenvalue weighted by atomic mass is 32.1. The third kappa shape index (κ3) is 6.47. The maximum Gasteiger partial charge on any atom is 0.368 e. The summed E-state index contributed by atoms with van der Waals surface area (Å²) in [6.07, 6.45) is 0. The molecule has 156 valence electrons. The van der Waals surface area contributed by atoms with Gasteiger partial charge in [0, 0.05) is 10.3 Å². The minimum Gasteiger partial charge on any atom is -0.457 e. The lowest BCUT2D eigenvalue weighted by Crippen LogP contribution is -2.40. The van der Waals surface area contributed by atoms with Crippen molar-refractivity contribution < 1.29 is 23.9 Å². The fourth-order valence-corrected chi connectivity index (χ4v) is 2.63. The summed E-state index contributed by atoms with van der Waals surface area (Å²) in [6, 6.07) is 6.70. The summed E-state index contributed by atoms with van der Waals surface area (Å²) in [5.41, 5.74) is 3.42. The van der Waals surface area contributed by atoms with Gasteiger partial charge in [0.25, 0.3) is 0 Å². The number of benzene rings is 1. The van der Waals surface area contributed by atoms with E-state index < -0.39 is 23.1 Å². The Balaban J connectivity index is 2.30. The van der Waals surface area contributed by atoms with Crippen molar-refractivity contribution in [3.8, 4) is 5.75 Å². The average Bonchev–Trinajstić information content (AvgIpc) is 3.01. The highest BCUT2D eigenvalue weighted by molar-refractivity contribution is 7.80. The number of anilines is 1. The summed E-state index contributed by atoms with van der Waals surface area (Å²) >= 11 is 5.38. The van der Waals surface area contributed by atoms with Gasteiger partial charge in [0.2, 0.25) is 11.3 Å². The Morgan fingerprint density at radius 1 is 1.17 bits per heavy atom. The number of nitrogens with two attached hydrogens (primary N) is 1. The molecule has 0 aliphatic carbocycles. The van der Waals surface area contributed by atoms with E-state index in [2.05, 4.69) is 22.8 Å². The van der Waals surface area contributed by atoms with Crippen molar-refractivity contribution in [2.45, 2.75) is 50.7 Å². The number of thiazole rings is 1. The Morgan fingerprint density at radius 3 is 2.38 bits per heavy atom. The Morgan fingerprint density at radius 2 is 1.83 bits per heavy atom. The van der Waals surface area contributed by atoms with Gasteiger partial charge in [-0.3, -0.25) is 0 Å². The van der Waals surface area contributed by atoms with Gasteiger partial charge in [-0.05, 0) is 46.8 Å². The van der Waals surface area contributed by atoms with Gasteiger partial charge < -0.3 is 20.0 Å². The fourth-order valence-electron chi connectivity index (χ4n) is 1.87. The van der Waals surface area contributed by atoms with E-state index in [4.69, 9.17) is 20.0 Å². The first-order valence-corrected chi connectivity index (χ1v) is 9.93. The molecule has 0 fully saturated rings. The largest absolute Gasteiger partial charge is 0.457 e. The number of carbonyl (C=O) groups is 2. The van der Waals surface area contributed by atoms with Gasteiger partial charge in [0.15, 0.2) is 5.13 Å². The molecule has 2 aromatic rings. The van der Waals surface area contributed by atoms with Crippen LogP contribution < -0.4 is 10.5 Å². The molecular weight excluding hydrogens is 414 g/mol. The number of nitrogens with zero attached hydrogens (tertiary/aromatic N) is 2. The molecular formula is C19H23N3O5S2. The number of nitrogen functional groups attached to an aromatic ring is 1. The van der Waals surface area contributed by atoms with Crippen LogP contribution in [-0.2, 0) is 19.2 Å². The van der Waals surface area contributed by atoms with Crippen molar-refractivity contribution >= 4 is 46.7 Å². The third-order valence-corrected chi connectivity index (χ3v) is 4.32. The number of hydrogen-bond donors (Lipinski definition) is 2. The molecule has 0 aliphatic rings. The van der Waals surface area contributed by atoms with Gasteiger partial charge >= 0.3 is 11.9 Å². The minimum atomic E-state index is -1.46. The van der Waals surface area contributed by atoms with Crippen molar-refractivity contribution in [3.63, 3.8) is 0 Å². The highest BCUT2D eigenvalue weighted by Crippen LogP contribution is 2.23. The molecule has 0 amide bonds. The smallest absolute Gasteiger partial charge is 0.368 e. The molecule has 0 spiro atoms. The summed E-state index contributed by atoms with van der Waals surface area (Å²) in [6.45, 7) is 8.16. The second-order valence-electron chi connectivity index (χ2n) is 7.47. The first-order valence-electron chi connectivity index (χ1n) is 8.60. The molecule has 0 aliphatic heterocycles. The Kier molecular flexibility index (Phi) is 6.91. The summed E-state index contributed by atoms with van der Waals surface area (Å²) in [5, 5.41) is 5.63. The van der Waals surface area contributed by atoms with Crippen LogP contribution in [0.15, 0.2) is 39.7 Å². The van der Waals surface area contributed by atoms with Crippen LogP contribution in [0.25, 0.3) is 0 Å². The predicted octanol–water partition coefficient (Wildman–Crippen LogP) is 3.46. The van der Waals surface area contributed by atoms with Crippen molar-refractivity contribution in [2.24, 2.45) is 5.16 Å². The molecule has 0 bridgehead atoms. The lowest BCUT2D eigenvalue weighted by Gasteiger charge is -2.26. The second-order valence-corrected chi connectivity index (χ2v) is 8.84. The zero-order valence-electron chi connectivity index (χ0n) is 16.8. The maximum absolute atomic E-state index is 12.7. The highest BCUT2D eigenvalue weighted by Gasteiger charge is 2.36. The second kappa shape index (κ2) is 8.83. The van der Waals surface area contributed by atoms with Gasteiger partial charge in [0.1, 0.15) is 17.0 Å². The van der Waals surface area contributed by atoms with Crippen molar-refractivity contribution in [2.75, 3.05) is 5.73 Å². The Hall–Kier alpha value is -2.59. The number of aromatic nitrogens is 1. The topological polar surface area (TPSA) is 113 Å². The zero-order valence-corrected chi connectivity index (χ0v) is 18.5. The SMILES string of the molecule is CC(C)(C)OC(=O)C(C)(C)ON=C(C(=O)Oc1ccccc1S)c1csc(N)n1. The molecule has 2 N–H and O–H groups in total. The van der Waals surface area contributed by atoms with E-state index in [0.29, 0.717) is 4.90 Å². The Labute approximate surface area is 178 Å². The van der Waals surface area contributed by atoms with Crippen molar-refractivity contribution in [1.82, 2.24) is 4.98 Å². The summed E-state index contributed by atoms with van der Waals surface area (Å²) < 4.78 is 10.7. The van der Waals surface area contributed by atoms with Gasteiger partial charge in [-0.15, -0.1) is 24.0 Å². The van der Waals surface area contributed by atoms with Crippen LogP contribution in [0.2, 0.25) is 0 Å². The molecule has 8 nitrogen and oxygen atoms in total. The summed E-state index contributed by atoms with van der Waals surface area (Å²) in [5.74, 6) is -1.24. The first kappa shape index (κ1) is 22.7. The standard InChI is InChI=1S/C19H23N3O5S2/c1-18(2,3)26-16(24)19(4,5)27-22-14(11-10-29-17(20)21-11)15(23)25-12-8-6-7-9-13(12)28/h6-10,28H,1-5H3,(H2,20,21). The number of hydrogen-bond acceptors (Lipinski definition) is 10. The lowest BCUT2D eigenvalue weighted by atomic mass is 10.1. The van der Waals surface area contributed by atoms with Crippen LogP contribution in [0, 0.1) is 0 Å². The normalized spacial score (nSPS) is 12.4.